The van der Waals surface area contributed by atoms with E-state index in [1.165, 1.54) is 0 Å². The Kier molecular flexibility index (Phi) is 5.55. The quantitative estimate of drug-likeness (QED) is 0.579. The maximum absolute atomic E-state index is 12.9. The molecule has 0 saturated carbocycles. The lowest BCUT2D eigenvalue weighted by Crippen LogP contribution is -2.40. The number of nitrogens with one attached hydrogen (secondary N) is 1. The van der Waals surface area contributed by atoms with Crippen LogP contribution in [0.15, 0.2) is 40.9 Å². The van der Waals surface area contributed by atoms with Gasteiger partial charge in [-0.05, 0) is 61.7 Å². The highest BCUT2D eigenvalue weighted by Gasteiger charge is 2.27. The number of rotatable bonds is 4. The first-order valence-corrected chi connectivity index (χ1v) is 10.9. The molecular formula is C21H22BrN3O2S. The molecule has 5 nitrogen and oxygen atoms in total. The Morgan fingerprint density at radius 2 is 2.18 bits per heavy atom. The SMILES string of the molecule is COc1ccc2nc(N3CCCC(C(=O)Nc4ccc(Br)cc4C)C3)sc2c1. The molecule has 1 atom stereocenters. The fourth-order valence-electron chi connectivity index (χ4n) is 3.52. The minimum Gasteiger partial charge on any atom is -0.497 e. The summed E-state index contributed by atoms with van der Waals surface area (Å²) in [4.78, 5) is 19.9. The number of benzene rings is 2. The monoisotopic (exact) mass is 459 g/mol. The molecule has 1 saturated heterocycles. The zero-order valence-corrected chi connectivity index (χ0v) is 18.3. The van der Waals surface area contributed by atoms with E-state index in [0.29, 0.717) is 6.54 Å². The Labute approximate surface area is 176 Å². The van der Waals surface area contributed by atoms with Crippen molar-refractivity contribution in [3.05, 3.63) is 46.4 Å². The number of aromatic nitrogens is 1. The van der Waals surface area contributed by atoms with Crippen LogP contribution < -0.4 is 15.0 Å². The van der Waals surface area contributed by atoms with Crippen LogP contribution in [0, 0.1) is 12.8 Å². The minimum absolute atomic E-state index is 0.0432. The highest BCUT2D eigenvalue weighted by molar-refractivity contribution is 9.10. The van der Waals surface area contributed by atoms with Gasteiger partial charge in [-0.25, -0.2) is 4.98 Å². The number of methoxy groups -OCH3 is 1. The fraction of sp³-hybridized carbons (Fsp3) is 0.333. The molecule has 2 aromatic carbocycles. The fourth-order valence-corrected chi connectivity index (χ4v) is 5.03. The molecule has 1 fully saturated rings. The van der Waals surface area contributed by atoms with Gasteiger partial charge in [0.2, 0.25) is 5.91 Å². The predicted molar refractivity (Wildman–Crippen MR) is 119 cm³/mol. The molecule has 1 aliphatic rings. The summed E-state index contributed by atoms with van der Waals surface area (Å²) in [7, 11) is 1.67. The molecule has 3 aromatic rings. The van der Waals surface area contributed by atoms with E-state index >= 15 is 0 Å². The zero-order chi connectivity index (χ0) is 19.7. The first-order chi connectivity index (χ1) is 13.5. The van der Waals surface area contributed by atoms with Crippen molar-refractivity contribution in [2.24, 2.45) is 5.92 Å². The Hall–Kier alpha value is -2.12. The molecule has 4 rings (SSSR count). The van der Waals surface area contributed by atoms with E-state index in [2.05, 4.69) is 26.1 Å². The largest absolute Gasteiger partial charge is 0.497 e. The molecule has 1 aliphatic heterocycles. The van der Waals surface area contributed by atoms with Crippen LogP contribution in [0.2, 0.25) is 0 Å². The molecule has 28 heavy (non-hydrogen) atoms. The van der Waals surface area contributed by atoms with Crippen LogP contribution in [0.4, 0.5) is 10.8 Å². The number of amides is 1. The number of anilines is 2. The van der Waals surface area contributed by atoms with E-state index in [9.17, 15) is 4.79 Å². The molecule has 0 bridgehead atoms. The second-order valence-electron chi connectivity index (χ2n) is 7.06. The van der Waals surface area contributed by atoms with Crippen molar-refractivity contribution in [3.63, 3.8) is 0 Å². The third kappa shape index (κ3) is 4.00. The van der Waals surface area contributed by atoms with E-state index in [0.717, 1.165) is 56.2 Å². The van der Waals surface area contributed by atoms with Crippen LogP contribution in [0.25, 0.3) is 10.2 Å². The number of hydrogen-bond acceptors (Lipinski definition) is 5. The summed E-state index contributed by atoms with van der Waals surface area (Å²) < 4.78 is 7.42. The standard InChI is InChI=1S/C21H22BrN3O2S/c1-13-10-15(22)5-7-17(13)23-20(26)14-4-3-9-25(12-14)21-24-18-8-6-16(27-2)11-19(18)28-21/h5-8,10-11,14H,3-4,9,12H2,1-2H3,(H,23,26). The summed E-state index contributed by atoms with van der Waals surface area (Å²) in [6.07, 6.45) is 1.88. The van der Waals surface area contributed by atoms with Crippen molar-refractivity contribution < 1.29 is 9.53 Å². The van der Waals surface area contributed by atoms with Crippen LogP contribution in [-0.2, 0) is 4.79 Å². The molecule has 1 aromatic heterocycles. The summed E-state index contributed by atoms with van der Waals surface area (Å²) in [6, 6.07) is 11.8. The molecule has 0 spiro atoms. The predicted octanol–water partition coefficient (Wildman–Crippen LogP) is 5.23. The highest BCUT2D eigenvalue weighted by Crippen LogP contribution is 2.33. The van der Waals surface area contributed by atoms with Gasteiger partial charge in [-0.2, -0.15) is 0 Å². The molecule has 1 unspecified atom stereocenters. The van der Waals surface area contributed by atoms with Crippen molar-refractivity contribution in [1.29, 1.82) is 0 Å². The number of carbonyl (C=O) groups excluding carboxylic acids is 1. The Balaban J connectivity index is 1.48. The van der Waals surface area contributed by atoms with E-state index in [-0.39, 0.29) is 11.8 Å². The number of fused-ring (bicyclic) bond motifs is 1. The number of ether oxygens (including phenoxy) is 1. The molecule has 0 radical (unpaired) electrons. The lowest BCUT2D eigenvalue weighted by Gasteiger charge is -2.31. The van der Waals surface area contributed by atoms with Crippen molar-refractivity contribution in [3.8, 4) is 5.75 Å². The topological polar surface area (TPSA) is 54.5 Å². The first-order valence-electron chi connectivity index (χ1n) is 9.30. The van der Waals surface area contributed by atoms with E-state index in [1.54, 1.807) is 18.4 Å². The summed E-state index contributed by atoms with van der Waals surface area (Å²) in [5.41, 5.74) is 2.89. The van der Waals surface area contributed by atoms with Gasteiger partial charge >= 0.3 is 0 Å². The van der Waals surface area contributed by atoms with Crippen molar-refractivity contribution in [2.45, 2.75) is 19.8 Å². The number of hydrogen-bond donors (Lipinski definition) is 1. The van der Waals surface area contributed by atoms with Gasteiger partial charge in [0.15, 0.2) is 5.13 Å². The van der Waals surface area contributed by atoms with Crippen molar-refractivity contribution in [2.75, 3.05) is 30.4 Å². The third-order valence-electron chi connectivity index (χ3n) is 5.09. The summed E-state index contributed by atoms with van der Waals surface area (Å²) >= 11 is 5.12. The molecule has 7 heteroatoms. The molecule has 0 aliphatic carbocycles. The summed E-state index contributed by atoms with van der Waals surface area (Å²) in [5.74, 6) is 0.875. The Morgan fingerprint density at radius 3 is 2.96 bits per heavy atom. The van der Waals surface area contributed by atoms with Crippen LogP contribution in [0.1, 0.15) is 18.4 Å². The molecule has 1 amide bonds. The van der Waals surface area contributed by atoms with Crippen LogP contribution in [-0.4, -0.2) is 31.1 Å². The van der Waals surface area contributed by atoms with Gasteiger partial charge in [-0.3, -0.25) is 4.79 Å². The highest BCUT2D eigenvalue weighted by atomic mass is 79.9. The molecular weight excluding hydrogens is 438 g/mol. The van der Waals surface area contributed by atoms with Gasteiger partial charge in [0.05, 0.1) is 23.2 Å². The third-order valence-corrected chi connectivity index (χ3v) is 6.67. The van der Waals surface area contributed by atoms with E-state index in [1.807, 2.05) is 43.3 Å². The number of carbonyl (C=O) groups is 1. The zero-order valence-electron chi connectivity index (χ0n) is 15.9. The Bertz CT molecular complexity index is 1020. The van der Waals surface area contributed by atoms with Gasteiger partial charge < -0.3 is 15.0 Å². The second kappa shape index (κ2) is 8.09. The number of nitrogens with zero attached hydrogens (tertiary/aromatic N) is 2. The average molecular weight is 460 g/mol. The maximum Gasteiger partial charge on any atom is 0.229 e. The molecule has 146 valence electrons. The first kappa shape index (κ1) is 19.2. The van der Waals surface area contributed by atoms with Crippen molar-refractivity contribution >= 4 is 54.2 Å². The Morgan fingerprint density at radius 1 is 1.32 bits per heavy atom. The molecule has 2 heterocycles. The maximum atomic E-state index is 12.9. The number of aryl methyl sites for hydroxylation is 1. The summed E-state index contributed by atoms with van der Waals surface area (Å²) in [6.45, 7) is 3.62. The average Bonchev–Trinajstić information content (AvgIpc) is 3.13. The van der Waals surface area contributed by atoms with Gasteiger partial charge in [0.25, 0.3) is 0 Å². The molecule has 1 N–H and O–H groups in total. The van der Waals surface area contributed by atoms with E-state index < -0.39 is 0 Å². The van der Waals surface area contributed by atoms with Gasteiger partial charge in [-0.15, -0.1) is 0 Å². The van der Waals surface area contributed by atoms with Crippen molar-refractivity contribution in [1.82, 2.24) is 4.98 Å². The number of piperidine rings is 1. The lowest BCUT2D eigenvalue weighted by molar-refractivity contribution is -0.120. The van der Waals surface area contributed by atoms with Crippen LogP contribution in [0.3, 0.4) is 0 Å². The second-order valence-corrected chi connectivity index (χ2v) is 8.99. The van der Waals surface area contributed by atoms with Gasteiger partial charge in [0, 0.05) is 23.2 Å². The van der Waals surface area contributed by atoms with Crippen LogP contribution >= 0.6 is 27.3 Å². The smallest absolute Gasteiger partial charge is 0.229 e. The summed E-state index contributed by atoms with van der Waals surface area (Å²) in [5, 5.41) is 4.07. The number of halogens is 1. The normalized spacial score (nSPS) is 17.0. The minimum atomic E-state index is -0.0432. The van der Waals surface area contributed by atoms with E-state index in [4.69, 9.17) is 9.72 Å². The lowest BCUT2D eigenvalue weighted by atomic mass is 9.97. The van der Waals surface area contributed by atoms with Gasteiger partial charge in [0.1, 0.15) is 5.75 Å². The van der Waals surface area contributed by atoms with Crippen LogP contribution in [0.5, 0.6) is 5.75 Å². The number of thiazole rings is 1. The van der Waals surface area contributed by atoms with Gasteiger partial charge in [-0.1, -0.05) is 27.3 Å².